The molecule has 0 aliphatic carbocycles. The number of ether oxygens (including phenoxy) is 1. The van der Waals surface area contributed by atoms with E-state index in [4.69, 9.17) is 9.84 Å². The lowest BCUT2D eigenvalue weighted by atomic mass is 9.92. The minimum absolute atomic E-state index is 0.0898. The molecule has 2 atom stereocenters. The number of likely N-dealkylation sites (tertiary alicyclic amines) is 1. The Kier molecular flexibility index (Phi) is 5.91. The molecule has 1 aliphatic heterocycles. The summed E-state index contributed by atoms with van der Waals surface area (Å²) in [5.74, 6) is -0.479. The number of nitrogens with one attached hydrogen (secondary N) is 1. The average Bonchev–Trinajstić information content (AvgIpc) is 2.31. The predicted molar refractivity (Wildman–Crippen MR) is 66.4 cm³/mol. The van der Waals surface area contributed by atoms with Crippen LogP contribution in [0.2, 0.25) is 0 Å². The van der Waals surface area contributed by atoms with Crippen molar-refractivity contribution in [3.05, 3.63) is 0 Å². The Morgan fingerprint density at radius 2 is 2.17 bits per heavy atom. The molecule has 18 heavy (non-hydrogen) atoms. The summed E-state index contributed by atoms with van der Waals surface area (Å²) in [5, 5.41) is 11.1. The van der Waals surface area contributed by atoms with Crippen LogP contribution < -0.4 is 5.32 Å². The molecule has 2 unspecified atom stereocenters. The van der Waals surface area contributed by atoms with E-state index < -0.39 is 5.97 Å². The van der Waals surface area contributed by atoms with Crippen LogP contribution >= 0.6 is 0 Å². The third kappa shape index (κ3) is 4.52. The van der Waals surface area contributed by atoms with Crippen LogP contribution in [0.25, 0.3) is 0 Å². The Balaban J connectivity index is 2.21. The fourth-order valence-electron chi connectivity index (χ4n) is 2.11. The molecule has 0 spiro atoms. The molecule has 1 fully saturated rings. The third-order valence-corrected chi connectivity index (χ3v) is 3.38. The summed E-state index contributed by atoms with van der Waals surface area (Å²) in [7, 11) is 0. The standard InChI is InChI=1S/C12H22N2O4/c1-9-4-3-6-14(10(9)2)12(17)13-5-7-18-8-11(15)16/h9-10H,3-8H2,1-2H3,(H,13,17)(H,15,16). The summed E-state index contributed by atoms with van der Waals surface area (Å²) >= 11 is 0. The van der Waals surface area contributed by atoms with Crippen molar-refractivity contribution < 1.29 is 19.4 Å². The van der Waals surface area contributed by atoms with Crippen molar-refractivity contribution in [2.75, 3.05) is 26.3 Å². The van der Waals surface area contributed by atoms with E-state index in [1.165, 1.54) is 0 Å². The molecule has 6 heteroatoms. The van der Waals surface area contributed by atoms with E-state index in [0.717, 1.165) is 19.4 Å². The molecule has 0 radical (unpaired) electrons. The Morgan fingerprint density at radius 1 is 1.44 bits per heavy atom. The van der Waals surface area contributed by atoms with Gasteiger partial charge < -0.3 is 20.1 Å². The molecule has 1 aliphatic rings. The number of aliphatic carboxylic acids is 1. The third-order valence-electron chi connectivity index (χ3n) is 3.38. The van der Waals surface area contributed by atoms with Gasteiger partial charge in [0.2, 0.25) is 0 Å². The molecule has 0 aromatic heterocycles. The maximum Gasteiger partial charge on any atom is 0.329 e. The summed E-state index contributed by atoms with van der Waals surface area (Å²) in [6, 6.07) is 0.159. The topological polar surface area (TPSA) is 78.9 Å². The summed E-state index contributed by atoms with van der Waals surface area (Å²) in [4.78, 5) is 23.9. The van der Waals surface area contributed by atoms with Gasteiger partial charge in [0.25, 0.3) is 0 Å². The van der Waals surface area contributed by atoms with Crippen LogP contribution in [0.5, 0.6) is 0 Å². The van der Waals surface area contributed by atoms with E-state index in [-0.39, 0.29) is 25.3 Å². The van der Waals surface area contributed by atoms with Crippen LogP contribution in [0.3, 0.4) is 0 Å². The van der Waals surface area contributed by atoms with E-state index in [1.807, 2.05) is 4.90 Å². The van der Waals surface area contributed by atoms with Crippen LogP contribution in [0.4, 0.5) is 4.79 Å². The highest BCUT2D eigenvalue weighted by atomic mass is 16.5. The van der Waals surface area contributed by atoms with E-state index in [2.05, 4.69) is 19.2 Å². The highest BCUT2D eigenvalue weighted by Gasteiger charge is 2.27. The molecule has 1 rings (SSSR count). The van der Waals surface area contributed by atoms with Crippen molar-refractivity contribution in [2.45, 2.75) is 32.7 Å². The molecule has 6 nitrogen and oxygen atoms in total. The van der Waals surface area contributed by atoms with E-state index >= 15 is 0 Å². The van der Waals surface area contributed by atoms with Gasteiger partial charge in [-0.05, 0) is 25.7 Å². The molecule has 0 aromatic rings. The van der Waals surface area contributed by atoms with Gasteiger partial charge in [-0.2, -0.15) is 0 Å². The number of carboxylic acid groups (broad SMARTS) is 1. The minimum atomic E-state index is -1.00. The molecule has 0 aromatic carbocycles. The predicted octanol–water partition coefficient (Wildman–Crippen LogP) is 0.918. The molecule has 0 saturated carbocycles. The second kappa shape index (κ2) is 7.20. The number of carbonyl (C=O) groups is 2. The molecule has 2 amide bonds. The number of amides is 2. The van der Waals surface area contributed by atoms with E-state index in [1.54, 1.807) is 0 Å². The summed E-state index contributed by atoms with van der Waals surface area (Å²) in [5.41, 5.74) is 0. The lowest BCUT2D eigenvalue weighted by molar-refractivity contribution is -0.142. The minimum Gasteiger partial charge on any atom is -0.480 e. The van der Waals surface area contributed by atoms with Gasteiger partial charge in [0.1, 0.15) is 6.61 Å². The number of piperidine rings is 1. The number of carbonyl (C=O) groups excluding carboxylic acids is 1. The van der Waals surface area contributed by atoms with Crippen molar-refractivity contribution in [2.24, 2.45) is 5.92 Å². The first-order valence-corrected chi connectivity index (χ1v) is 6.36. The maximum absolute atomic E-state index is 11.9. The number of hydrogen-bond acceptors (Lipinski definition) is 3. The Labute approximate surface area is 107 Å². The average molecular weight is 258 g/mol. The SMILES string of the molecule is CC1CCCN(C(=O)NCCOCC(=O)O)C1C. The van der Waals surface area contributed by atoms with Gasteiger partial charge in [-0.15, -0.1) is 0 Å². The van der Waals surface area contributed by atoms with Crippen LogP contribution in [0.1, 0.15) is 26.7 Å². The first-order chi connectivity index (χ1) is 8.52. The summed E-state index contributed by atoms with van der Waals surface area (Å²) in [6.07, 6.45) is 2.20. The molecule has 104 valence electrons. The number of carboxylic acids is 1. The largest absolute Gasteiger partial charge is 0.480 e. The lowest BCUT2D eigenvalue weighted by Crippen LogP contribution is -2.50. The molecular weight excluding hydrogens is 236 g/mol. The zero-order chi connectivity index (χ0) is 13.5. The molecule has 2 N–H and O–H groups in total. The van der Waals surface area contributed by atoms with Crippen molar-refractivity contribution in [3.8, 4) is 0 Å². The lowest BCUT2D eigenvalue weighted by Gasteiger charge is -2.37. The maximum atomic E-state index is 11.9. The van der Waals surface area contributed by atoms with Crippen LogP contribution in [-0.4, -0.2) is 54.4 Å². The van der Waals surface area contributed by atoms with Gasteiger partial charge in [0.15, 0.2) is 0 Å². The smallest absolute Gasteiger partial charge is 0.329 e. The number of urea groups is 1. The fourth-order valence-corrected chi connectivity index (χ4v) is 2.11. The Morgan fingerprint density at radius 3 is 2.83 bits per heavy atom. The van der Waals surface area contributed by atoms with Crippen LogP contribution in [0.15, 0.2) is 0 Å². The number of rotatable bonds is 5. The summed E-state index contributed by atoms with van der Waals surface area (Å²) in [6.45, 7) is 5.23. The van der Waals surface area contributed by atoms with Gasteiger partial charge >= 0.3 is 12.0 Å². The van der Waals surface area contributed by atoms with E-state index in [0.29, 0.717) is 12.5 Å². The molecule has 1 saturated heterocycles. The quantitative estimate of drug-likeness (QED) is 0.719. The van der Waals surface area contributed by atoms with Gasteiger partial charge in [0, 0.05) is 19.1 Å². The van der Waals surface area contributed by atoms with Gasteiger partial charge in [0.05, 0.1) is 6.61 Å². The van der Waals surface area contributed by atoms with Crippen molar-refractivity contribution in [1.29, 1.82) is 0 Å². The second-order valence-corrected chi connectivity index (χ2v) is 4.73. The van der Waals surface area contributed by atoms with Crippen molar-refractivity contribution in [3.63, 3.8) is 0 Å². The first-order valence-electron chi connectivity index (χ1n) is 6.36. The van der Waals surface area contributed by atoms with Crippen molar-refractivity contribution >= 4 is 12.0 Å². The zero-order valence-corrected chi connectivity index (χ0v) is 11.0. The fraction of sp³-hybridized carbons (Fsp3) is 0.833. The highest BCUT2D eigenvalue weighted by molar-refractivity contribution is 5.74. The number of hydrogen-bond donors (Lipinski definition) is 2. The molecular formula is C12H22N2O4. The normalized spacial score (nSPS) is 23.8. The monoisotopic (exact) mass is 258 g/mol. The Hall–Kier alpha value is -1.30. The van der Waals surface area contributed by atoms with E-state index in [9.17, 15) is 9.59 Å². The molecule has 1 heterocycles. The summed E-state index contributed by atoms with van der Waals surface area (Å²) < 4.78 is 4.85. The first kappa shape index (κ1) is 14.8. The van der Waals surface area contributed by atoms with Gasteiger partial charge in [-0.25, -0.2) is 9.59 Å². The van der Waals surface area contributed by atoms with Crippen molar-refractivity contribution in [1.82, 2.24) is 10.2 Å². The van der Waals surface area contributed by atoms with Gasteiger partial charge in [-0.3, -0.25) is 0 Å². The van der Waals surface area contributed by atoms with Gasteiger partial charge in [-0.1, -0.05) is 6.92 Å². The van der Waals surface area contributed by atoms with Crippen LogP contribution in [-0.2, 0) is 9.53 Å². The molecule has 0 bridgehead atoms. The zero-order valence-electron chi connectivity index (χ0n) is 11.0. The highest BCUT2D eigenvalue weighted by Crippen LogP contribution is 2.22. The Bertz CT molecular complexity index is 296. The number of nitrogens with zero attached hydrogens (tertiary/aromatic N) is 1. The second-order valence-electron chi connectivity index (χ2n) is 4.73. The van der Waals surface area contributed by atoms with Crippen LogP contribution in [0, 0.1) is 5.92 Å².